The molecule has 0 aromatic carbocycles. The molecule has 132 valence electrons. The average Bonchev–Trinajstić information content (AvgIpc) is 2.49. The molecule has 0 radical (unpaired) electrons. The van der Waals surface area contributed by atoms with Crippen LogP contribution in [0.2, 0.25) is 0 Å². The topological polar surface area (TPSA) is 57.5 Å². The summed E-state index contributed by atoms with van der Waals surface area (Å²) in [6.45, 7) is 9.27. The summed E-state index contributed by atoms with van der Waals surface area (Å²) in [5.74, 6) is 0.715. The molecule has 5 atom stereocenters. The van der Waals surface area contributed by atoms with Crippen LogP contribution in [0.15, 0.2) is 11.6 Å². The molecule has 0 aromatic heterocycles. The third kappa shape index (κ3) is 3.65. The van der Waals surface area contributed by atoms with Crippen LogP contribution in [-0.4, -0.2) is 22.8 Å². The van der Waals surface area contributed by atoms with Crippen molar-refractivity contribution in [2.75, 3.05) is 6.61 Å². The minimum absolute atomic E-state index is 0.0446. The summed E-state index contributed by atoms with van der Waals surface area (Å²) >= 11 is 0. The third-order valence-electron chi connectivity index (χ3n) is 6.95. The summed E-state index contributed by atoms with van der Waals surface area (Å²) in [5, 5.41) is 18.9. The van der Waals surface area contributed by atoms with E-state index in [1.165, 1.54) is 18.4 Å². The van der Waals surface area contributed by atoms with Gasteiger partial charge in [0.05, 0.1) is 6.61 Å². The lowest BCUT2D eigenvalue weighted by Gasteiger charge is -2.54. The van der Waals surface area contributed by atoms with E-state index in [1.54, 1.807) is 0 Å². The van der Waals surface area contributed by atoms with E-state index in [1.807, 2.05) is 0 Å². The van der Waals surface area contributed by atoms with Gasteiger partial charge < -0.3 is 10.2 Å². The van der Waals surface area contributed by atoms with Crippen LogP contribution in [0.3, 0.4) is 0 Å². The van der Waals surface area contributed by atoms with Gasteiger partial charge in [-0.15, -0.1) is 0 Å². The van der Waals surface area contributed by atoms with E-state index < -0.39 is 5.97 Å². The molecule has 5 unspecified atom stereocenters. The van der Waals surface area contributed by atoms with Gasteiger partial charge in [-0.05, 0) is 55.3 Å². The molecule has 1 saturated carbocycles. The van der Waals surface area contributed by atoms with Gasteiger partial charge in [-0.2, -0.15) is 0 Å². The Morgan fingerprint density at radius 1 is 1.43 bits per heavy atom. The Kier molecular flexibility index (Phi) is 5.60. The summed E-state index contributed by atoms with van der Waals surface area (Å²) in [5.41, 5.74) is 1.67. The number of hydrogen-bond acceptors (Lipinski definition) is 2. The fourth-order valence-corrected chi connectivity index (χ4v) is 4.96. The maximum atomic E-state index is 10.9. The summed E-state index contributed by atoms with van der Waals surface area (Å²) in [7, 11) is 0. The lowest BCUT2D eigenvalue weighted by molar-refractivity contribution is -0.138. The molecule has 2 N–H and O–H groups in total. The quantitative estimate of drug-likeness (QED) is 0.700. The SMILES string of the molecule is CC(CCC1(C)C(C)CC=C2C1CCCC2(C)CO)CC(=O)O. The second kappa shape index (κ2) is 6.96. The van der Waals surface area contributed by atoms with Crippen molar-refractivity contribution in [3.63, 3.8) is 0 Å². The van der Waals surface area contributed by atoms with Crippen molar-refractivity contribution in [1.29, 1.82) is 0 Å². The highest BCUT2D eigenvalue weighted by molar-refractivity contribution is 5.66. The number of carbonyl (C=O) groups is 1. The average molecular weight is 322 g/mol. The van der Waals surface area contributed by atoms with Crippen molar-refractivity contribution in [1.82, 2.24) is 0 Å². The molecule has 2 rings (SSSR count). The van der Waals surface area contributed by atoms with Crippen LogP contribution < -0.4 is 0 Å². The highest BCUT2D eigenvalue weighted by Crippen LogP contribution is 2.58. The van der Waals surface area contributed by atoms with E-state index in [0.29, 0.717) is 11.8 Å². The minimum atomic E-state index is -0.689. The van der Waals surface area contributed by atoms with Crippen LogP contribution in [0.5, 0.6) is 0 Å². The van der Waals surface area contributed by atoms with E-state index in [-0.39, 0.29) is 29.8 Å². The molecule has 0 bridgehead atoms. The Morgan fingerprint density at radius 3 is 2.74 bits per heavy atom. The second-order valence-corrected chi connectivity index (χ2v) is 8.71. The van der Waals surface area contributed by atoms with Gasteiger partial charge in [0.25, 0.3) is 0 Å². The van der Waals surface area contributed by atoms with Crippen LogP contribution in [0.4, 0.5) is 0 Å². The number of rotatable bonds is 6. The zero-order valence-corrected chi connectivity index (χ0v) is 15.3. The molecule has 1 fully saturated rings. The van der Waals surface area contributed by atoms with Gasteiger partial charge in [-0.25, -0.2) is 0 Å². The lowest BCUT2D eigenvalue weighted by Crippen LogP contribution is -2.45. The molecule has 2 aliphatic rings. The molecule has 2 aliphatic carbocycles. The smallest absolute Gasteiger partial charge is 0.303 e. The molecule has 3 nitrogen and oxygen atoms in total. The first kappa shape index (κ1) is 18.5. The highest BCUT2D eigenvalue weighted by Gasteiger charge is 2.49. The first-order valence-electron chi connectivity index (χ1n) is 9.26. The van der Waals surface area contributed by atoms with E-state index in [0.717, 1.165) is 25.7 Å². The predicted molar refractivity (Wildman–Crippen MR) is 93.2 cm³/mol. The summed E-state index contributed by atoms with van der Waals surface area (Å²) in [6.07, 6.45) is 9.33. The summed E-state index contributed by atoms with van der Waals surface area (Å²) in [6, 6.07) is 0. The van der Waals surface area contributed by atoms with Gasteiger partial charge in [0.2, 0.25) is 0 Å². The van der Waals surface area contributed by atoms with E-state index >= 15 is 0 Å². The number of aliphatic carboxylic acids is 1. The molecule has 0 amide bonds. The number of aliphatic hydroxyl groups is 1. The lowest BCUT2D eigenvalue weighted by atomic mass is 9.51. The van der Waals surface area contributed by atoms with Crippen molar-refractivity contribution in [3.8, 4) is 0 Å². The number of allylic oxidation sites excluding steroid dienone is 1. The van der Waals surface area contributed by atoms with Gasteiger partial charge in [-0.1, -0.05) is 45.8 Å². The number of aliphatic hydroxyl groups excluding tert-OH is 1. The van der Waals surface area contributed by atoms with Crippen LogP contribution in [0.25, 0.3) is 0 Å². The Morgan fingerprint density at radius 2 is 2.13 bits per heavy atom. The maximum absolute atomic E-state index is 10.9. The van der Waals surface area contributed by atoms with Crippen molar-refractivity contribution < 1.29 is 15.0 Å². The van der Waals surface area contributed by atoms with Gasteiger partial charge in [0, 0.05) is 11.8 Å². The standard InChI is InChI=1S/C20H34O3/c1-14(12-18(22)23)9-11-20(4)15(2)7-8-16-17(20)6-5-10-19(16,3)13-21/h8,14-15,17,21H,5-7,9-13H2,1-4H3,(H,22,23). The normalized spacial score (nSPS) is 38.6. The first-order chi connectivity index (χ1) is 10.7. The Bertz CT molecular complexity index is 470. The van der Waals surface area contributed by atoms with Gasteiger partial charge in [-0.3, -0.25) is 4.79 Å². The van der Waals surface area contributed by atoms with Crippen molar-refractivity contribution in [2.45, 2.75) is 72.6 Å². The minimum Gasteiger partial charge on any atom is -0.481 e. The van der Waals surface area contributed by atoms with Crippen molar-refractivity contribution in [2.24, 2.45) is 28.6 Å². The number of carboxylic acids is 1. The molecule has 0 heterocycles. The Labute approximate surface area is 141 Å². The number of carboxylic acid groups (broad SMARTS) is 1. The molecule has 0 spiro atoms. The zero-order valence-electron chi connectivity index (χ0n) is 15.3. The second-order valence-electron chi connectivity index (χ2n) is 8.71. The van der Waals surface area contributed by atoms with Gasteiger partial charge >= 0.3 is 5.97 Å². The fourth-order valence-electron chi connectivity index (χ4n) is 4.96. The van der Waals surface area contributed by atoms with Crippen LogP contribution in [0, 0.1) is 28.6 Å². The largest absolute Gasteiger partial charge is 0.481 e. The fraction of sp³-hybridized carbons (Fsp3) is 0.850. The van der Waals surface area contributed by atoms with E-state index in [9.17, 15) is 9.90 Å². The van der Waals surface area contributed by atoms with Crippen molar-refractivity contribution in [3.05, 3.63) is 11.6 Å². The third-order valence-corrected chi connectivity index (χ3v) is 6.95. The monoisotopic (exact) mass is 322 g/mol. The molecule has 0 saturated heterocycles. The van der Waals surface area contributed by atoms with Crippen LogP contribution in [0.1, 0.15) is 72.6 Å². The molecular formula is C20H34O3. The van der Waals surface area contributed by atoms with E-state index in [4.69, 9.17) is 5.11 Å². The predicted octanol–water partition coefficient (Wildman–Crippen LogP) is 4.65. The number of fused-ring (bicyclic) bond motifs is 1. The maximum Gasteiger partial charge on any atom is 0.303 e. The number of hydrogen-bond donors (Lipinski definition) is 2. The Balaban J connectivity index is 2.16. The molecular weight excluding hydrogens is 288 g/mol. The summed E-state index contributed by atoms with van der Waals surface area (Å²) < 4.78 is 0. The van der Waals surface area contributed by atoms with Crippen LogP contribution in [-0.2, 0) is 4.79 Å². The van der Waals surface area contributed by atoms with Crippen LogP contribution >= 0.6 is 0 Å². The van der Waals surface area contributed by atoms with Crippen molar-refractivity contribution >= 4 is 5.97 Å². The first-order valence-corrected chi connectivity index (χ1v) is 9.26. The molecule has 3 heteroatoms. The summed E-state index contributed by atoms with van der Waals surface area (Å²) in [4.78, 5) is 10.9. The molecule has 23 heavy (non-hydrogen) atoms. The van der Waals surface area contributed by atoms with Gasteiger partial charge in [0.15, 0.2) is 0 Å². The zero-order chi connectivity index (χ0) is 17.3. The van der Waals surface area contributed by atoms with Gasteiger partial charge in [0.1, 0.15) is 0 Å². The molecule has 0 aliphatic heterocycles. The Hall–Kier alpha value is -0.830. The highest BCUT2D eigenvalue weighted by atomic mass is 16.4. The van der Waals surface area contributed by atoms with E-state index in [2.05, 4.69) is 33.8 Å². The molecule has 0 aromatic rings.